The van der Waals surface area contributed by atoms with Gasteiger partial charge in [-0.25, -0.2) is 13.4 Å². The van der Waals surface area contributed by atoms with Crippen LogP contribution in [0, 0.1) is 0 Å². The molecule has 0 unspecified atom stereocenters. The molecular weight excluding hydrogens is 290 g/mol. The van der Waals surface area contributed by atoms with Gasteiger partial charge < -0.3 is 9.64 Å². The Kier molecular flexibility index (Phi) is 4.63. The first kappa shape index (κ1) is 16.0. The Balaban J connectivity index is 3.05. The van der Waals surface area contributed by atoms with E-state index >= 15 is 0 Å². The normalized spacial score (nSPS) is 12.3. The Morgan fingerprint density at radius 2 is 2.05 bits per heavy atom. The maximum Gasteiger partial charge on any atom is 0.318 e. The summed E-state index contributed by atoms with van der Waals surface area (Å²) in [4.78, 5) is 9.67. The number of ether oxygens (including phenoxy) is 1. The van der Waals surface area contributed by atoms with Crippen molar-refractivity contribution in [2.45, 2.75) is 18.6 Å². The molecule has 0 saturated heterocycles. The molecule has 0 saturated carbocycles. The second-order valence-electron chi connectivity index (χ2n) is 4.92. The van der Waals surface area contributed by atoms with Gasteiger partial charge in [0.05, 0.1) is 18.1 Å². The molecule has 0 N–H and O–H groups in total. The highest BCUT2D eigenvalue weighted by Crippen LogP contribution is 2.26. The molecule has 8 heteroatoms. The van der Waals surface area contributed by atoms with Crippen LogP contribution in [0.1, 0.15) is 13.8 Å². The lowest BCUT2D eigenvalue weighted by atomic mass is 10.2. The summed E-state index contributed by atoms with van der Waals surface area (Å²) >= 11 is 6.02. The molecule has 1 aromatic heterocycles. The standard InChI is InChI=1S/C11H18ClN3O3S/c1-11(2,19(5,16)17)7-15(3)9-8(12)6-13-10(14-9)18-4/h6H,7H2,1-5H3. The molecule has 0 amide bonds. The van der Waals surface area contributed by atoms with E-state index < -0.39 is 14.6 Å². The summed E-state index contributed by atoms with van der Waals surface area (Å²) in [6.45, 7) is 3.57. The quantitative estimate of drug-likeness (QED) is 0.818. The third-order valence-corrected chi connectivity index (χ3v) is 5.27. The smallest absolute Gasteiger partial charge is 0.318 e. The molecule has 108 valence electrons. The Labute approximate surface area is 118 Å². The third kappa shape index (κ3) is 3.70. The number of sulfone groups is 1. The van der Waals surface area contributed by atoms with Gasteiger partial charge in [0.15, 0.2) is 15.7 Å². The van der Waals surface area contributed by atoms with Crippen molar-refractivity contribution in [1.29, 1.82) is 0 Å². The minimum atomic E-state index is -3.19. The number of aromatic nitrogens is 2. The molecule has 1 aromatic rings. The molecule has 0 radical (unpaired) electrons. The topological polar surface area (TPSA) is 72.4 Å². The molecule has 1 heterocycles. The fourth-order valence-corrected chi connectivity index (χ4v) is 2.14. The van der Waals surface area contributed by atoms with Crippen LogP contribution in [0.5, 0.6) is 6.01 Å². The van der Waals surface area contributed by atoms with Crippen LogP contribution in [0.15, 0.2) is 6.20 Å². The monoisotopic (exact) mass is 307 g/mol. The average Bonchev–Trinajstić information content (AvgIpc) is 2.27. The van der Waals surface area contributed by atoms with Crippen LogP contribution in [0.25, 0.3) is 0 Å². The molecule has 0 aliphatic carbocycles. The van der Waals surface area contributed by atoms with Crippen molar-refractivity contribution in [3.05, 3.63) is 11.2 Å². The summed E-state index contributed by atoms with van der Waals surface area (Å²) in [5, 5.41) is 0.340. The molecule has 0 fully saturated rings. The number of hydrogen-bond donors (Lipinski definition) is 0. The molecule has 0 atom stereocenters. The second kappa shape index (κ2) is 5.50. The predicted octanol–water partition coefficient (Wildman–Crippen LogP) is 1.40. The van der Waals surface area contributed by atoms with E-state index in [1.165, 1.54) is 19.6 Å². The van der Waals surface area contributed by atoms with Crippen molar-refractivity contribution in [2.75, 3.05) is 31.9 Å². The number of anilines is 1. The number of methoxy groups -OCH3 is 1. The highest BCUT2D eigenvalue weighted by Gasteiger charge is 2.32. The molecule has 19 heavy (non-hydrogen) atoms. The van der Waals surface area contributed by atoms with Crippen LogP contribution in [0.4, 0.5) is 5.82 Å². The van der Waals surface area contributed by atoms with Gasteiger partial charge in [-0.2, -0.15) is 4.98 Å². The fourth-order valence-electron chi connectivity index (χ4n) is 1.47. The van der Waals surface area contributed by atoms with E-state index in [-0.39, 0.29) is 12.6 Å². The first-order valence-corrected chi connectivity index (χ1v) is 7.82. The summed E-state index contributed by atoms with van der Waals surface area (Å²) in [7, 11) is -0.0187. The zero-order chi connectivity index (χ0) is 14.8. The Hall–Kier alpha value is -1.08. The van der Waals surface area contributed by atoms with Gasteiger partial charge in [-0.3, -0.25) is 0 Å². The molecule has 6 nitrogen and oxygen atoms in total. The minimum Gasteiger partial charge on any atom is -0.467 e. The van der Waals surface area contributed by atoms with E-state index in [1.807, 2.05) is 0 Å². The average molecular weight is 308 g/mol. The zero-order valence-corrected chi connectivity index (χ0v) is 13.2. The van der Waals surface area contributed by atoms with Crippen LogP contribution in [0.3, 0.4) is 0 Å². The zero-order valence-electron chi connectivity index (χ0n) is 11.6. The van der Waals surface area contributed by atoms with Gasteiger partial charge in [-0.15, -0.1) is 0 Å². The summed E-state index contributed by atoms with van der Waals surface area (Å²) in [6, 6.07) is 0.184. The third-order valence-electron chi connectivity index (χ3n) is 2.87. The largest absolute Gasteiger partial charge is 0.467 e. The Morgan fingerprint density at radius 3 is 2.53 bits per heavy atom. The fraction of sp³-hybridized carbons (Fsp3) is 0.636. The van der Waals surface area contributed by atoms with E-state index in [0.717, 1.165) is 0 Å². The SMILES string of the molecule is COc1ncc(Cl)c(N(C)CC(C)(C)S(C)(=O)=O)n1. The van der Waals surface area contributed by atoms with Gasteiger partial charge in [-0.1, -0.05) is 11.6 Å². The lowest BCUT2D eigenvalue weighted by Crippen LogP contribution is -2.43. The van der Waals surface area contributed by atoms with E-state index in [1.54, 1.807) is 25.8 Å². The van der Waals surface area contributed by atoms with Crippen LogP contribution >= 0.6 is 11.6 Å². The van der Waals surface area contributed by atoms with Crippen LogP contribution in [-0.4, -0.2) is 50.1 Å². The van der Waals surface area contributed by atoms with E-state index in [9.17, 15) is 8.42 Å². The van der Waals surface area contributed by atoms with Crippen LogP contribution < -0.4 is 9.64 Å². The van der Waals surface area contributed by atoms with E-state index in [4.69, 9.17) is 16.3 Å². The number of hydrogen-bond acceptors (Lipinski definition) is 6. The van der Waals surface area contributed by atoms with E-state index in [0.29, 0.717) is 10.8 Å². The molecule has 0 spiro atoms. The molecule has 0 bridgehead atoms. The first-order chi connectivity index (χ1) is 8.58. The molecular formula is C11H18ClN3O3S. The van der Waals surface area contributed by atoms with Crippen molar-refractivity contribution in [2.24, 2.45) is 0 Å². The molecule has 0 aromatic carbocycles. The van der Waals surface area contributed by atoms with Gasteiger partial charge in [0.2, 0.25) is 0 Å². The lowest BCUT2D eigenvalue weighted by Gasteiger charge is -2.29. The van der Waals surface area contributed by atoms with Gasteiger partial charge in [0.25, 0.3) is 0 Å². The van der Waals surface area contributed by atoms with Gasteiger partial charge in [-0.05, 0) is 13.8 Å². The van der Waals surface area contributed by atoms with Gasteiger partial charge in [0.1, 0.15) is 5.02 Å². The summed E-state index contributed by atoms with van der Waals surface area (Å²) in [5.74, 6) is 0.435. The highest BCUT2D eigenvalue weighted by atomic mass is 35.5. The van der Waals surface area contributed by atoms with Gasteiger partial charge >= 0.3 is 6.01 Å². The van der Waals surface area contributed by atoms with Crippen molar-refractivity contribution in [3.8, 4) is 6.01 Å². The summed E-state index contributed by atoms with van der Waals surface area (Å²) in [6.07, 6.45) is 2.63. The van der Waals surface area contributed by atoms with Gasteiger partial charge in [0, 0.05) is 19.8 Å². The number of rotatable bonds is 5. The Bertz CT molecular complexity index is 560. The Morgan fingerprint density at radius 1 is 1.47 bits per heavy atom. The van der Waals surface area contributed by atoms with Crippen LogP contribution in [0.2, 0.25) is 5.02 Å². The first-order valence-electron chi connectivity index (χ1n) is 5.56. The number of nitrogens with zero attached hydrogens (tertiary/aromatic N) is 3. The highest BCUT2D eigenvalue weighted by molar-refractivity contribution is 7.92. The maximum absolute atomic E-state index is 11.7. The predicted molar refractivity (Wildman–Crippen MR) is 75.8 cm³/mol. The van der Waals surface area contributed by atoms with Crippen molar-refractivity contribution in [3.63, 3.8) is 0 Å². The number of halogens is 1. The summed E-state index contributed by atoms with van der Waals surface area (Å²) in [5.41, 5.74) is 0. The lowest BCUT2D eigenvalue weighted by molar-refractivity contribution is 0.379. The van der Waals surface area contributed by atoms with Crippen LogP contribution in [-0.2, 0) is 9.84 Å². The van der Waals surface area contributed by atoms with Crippen molar-refractivity contribution >= 4 is 27.3 Å². The maximum atomic E-state index is 11.7. The van der Waals surface area contributed by atoms with Crippen molar-refractivity contribution < 1.29 is 13.2 Å². The molecule has 0 aliphatic rings. The second-order valence-corrected chi connectivity index (χ2v) is 7.97. The minimum absolute atomic E-state index is 0.184. The summed E-state index contributed by atoms with van der Waals surface area (Å²) < 4.78 is 27.4. The molecule has 0 aliphatic heterocycles. The van der Waals surface area contributed by atoms with E-state index in [2.05, 4.69) is 9.97 Å². The van der Waals surface area contributed by atoms with Crippen molar-refractivity contribution in [1.82, 2.24) is 9.97 Å². The molecule has 1 rings (SSSR count).